The first kappa shape index (κ1) is 7.81. The maximum Gasteiger partial charge on any atom is 0.273 e. The lowest BCUT2D eigenvalue weighted by atomic mass is 10.2. The summed E-state index contributed by atoms with van der Waals surface area (Å²) < 4.78 is 0. The Hall–Kier alpha value is -1.29. The van der Waals surface area contributed by atoms with Gasteiger partial charge in [-0.1, -0.05) is 0 Å². The molecule has 1 aromatic carbocycles. The minimum absolute atomic E-state index is 0.0694. The Morgan fingerprint density at radius 2 is 1.64 bits per heavy atom. The fourth-order valence-electron chi connectivity index (χ4n) is 0.908. The third kappa shape index (κ3) is 0.914. The lowest BCUT2D eigenvalue weighted by Gasteiger charge is -1.85. The van der Waals surface area contributed by atoms with Crippen LogP contribution in [0.1, 0.15) is 11.1 Å². The topological polar surface area (TPSA) is 71.4 Å². The first-order chi connectivity index (χ1) is 5.09. The van der Waals surface area contributed by atoms with E-state index in [4.69, 9.17) is 5.11 Å². The lowest BCUT2D eigenvalue weighted by Crippen LogP contribution is -2.30. The van der Waals surface area contributed by atoms with Crippen LogP contribution in [0.15, 0.2) is 14.4 Å². The fourth-order valence-corrected chi connectivity index (χ4v) is 0.908. The van der Waals surface area contributed by atoms with Gasteiger partial charge < -0.3 is 5.11 Å². The molecule has 11 heavy (non-hydrogen) atoms. The van der Waals surface area contributed by atoms with Gasteiger partial charge in [0.25, 0.3) is 5.43 Å². The molecular formula is C7H6O4. The summed E-state index contributed by atoms with van der Waals surface area (Å²) in [4.78, 5) is 32.1. The van der Waals surface area contributed by atoms with Gasteiger partial charge in [0, 0.05) is 11.1 Å². The van der Waals surface area contributed by atoms with Crippen LogP contribution in [0.3, 0.4) is 0 Å². The molecule has 0 aliphatic heterocycles. The smallest absolute Gasteiger partial charge is 0.273 e. The van der Waals surface area contributed by atoms with Gasteiger partial charge in [0.05, 0.1) is 6.61 Å². The largest absolute Gasteiger partial charge is 0.392 e. The quantitative estimate of drug-likeness (QED) is 0.497. The van der Waals surface area contributed by atoms with Gasteiger partial charge in [0.15, 0.2) is 0 Å². The highest BCUT2D eigenvalue weighted by Crippen LogP contribution is 1.92. The average molecular weight is 154 g/mol. The van der Waals surface area contributed by atoms with Crippen LogP contribution in [0.4, 0.5) is 0 Å². The summed E-state index contributed by atoms with van der Waals surface area (Å²) in [5.74, 6) is 0. The highest BCUT2D eigenvalue weighted by atomic mass is 16.3. The average Bonchev–Trinajstić information content (AvgIpc) is 2.17. The van der Waals surface area contributed by atoms with Gasteiger partial charge >= 0.3 is 0 Å². The molecule has 58 valence electrons. The van der Waals surface area contributed by atoms with Crippen molar-refractivity contribution >= 4 is 0 Å². The molecule has 0 heterocycles. The molecule has 0 aliphatic rings. The number of hydrogen-bond acceptors (Lipinski definition) is 4. The van der Waals surface area contributed by atoms with Crippen LogP contribution in [0.25, 0.3) is 0 Å². The van der Waals surface area contributed by atoms with E-state index in [-0.39, 0.29) is 11.1 Å². The predicted octanol–water partition coefficient (Wildman–Crippen LogP) is -1.56. The molecular weight excluding hydrogens is 148 g/mol. The maximum absolute atomic E-state index is 10.8. The Bertz CT molecular complexity index is 409. The molecule has 1 aromatic rings. The van der Waals surface area contributed by atoms with Crippen molar-refractivity contribution in [1.82, 2.24) is 0 Å². The number of aliphatic hydroxyl groups excluding tert-OH is 1. The highest BCUT2D eigenvalue weighted by Gasteiger charge is 2.14. The van der Waals surface area contributed by atoms with Crippen molar-refractivity contribution in [2.45, 2.75) is 13.5 Å². The number of rotatable bonds is 1. The van der Waals surface area contributed by atoms with Gasteiger partial charge in [-0.05, 0) is 6.92 Å². The van der Waals surface area contributed by atoms with Crippen LogP contribution in [-0.4, -0.2) is 5.11 Å². The molecule has 0 aliphatic carbocycles. The number of aliphatic hydroxyl groups is 1. The van der Waals surface area contributed by atoms with E-state index in [1.54, 1.807) is 0 Å². The standard InChI is InChI=1S/C7H6O4/c1-3-4(2-8)6(10)7(11)5(3)9/h8H,2H2,1H3. The molecule has 0 atom stereocenters. The van der Waals surface area contributed by atoms with Crippen molar-refractivity contribution in [3.05, 3.63) is 41.8 Å². The van der Waals surface area contributed by atoms with Crippen LogP contribution in [0.2, 0.25) is 0 Å². The van der Waals surface area contributed by atoms with E-state index in [9.17, 15) is 14.4 Å². The highest BCUT2D eigenvalue weighted by molar-refractivity contribution is 5.27. The zero-order valence-electron chi connectivity index (χ0n) is 5.88. The van der Waals surface area contributed by atoms with Crippen molar-refractivity contribution in [2.24, 2.45) is 0 Å². The second kappa shape index (κ2) is 2.39. The van der Waals surface area contributed by atoms with Gasteiger partial charge in [-0.3, -0.25) is 14.4 Å². The monoisotopic (exact) mass is 154 g/mol. The van der Waals surface area contributed by atoms with E-state index in [0.717, 1.165) is 0 Å². The maximum atomic E-state index is 10.8. The Balaban J connectivity index is 3.77. The Morgan fingerprint density at radius 3 is 1.82 bits per heavy atom. The van der Waals surface area contributed by atoms with Gasteiger partial charge in [0.2, 0.25) is 10.9 Å². The van der Waals surface area contributed by atoms with Crippen molar-refractivity contribution in [3.63, 3.8) is 0 Å². The SMILES string of the molecule is Cc1c(CO)c(=O)c(=O)c1=O. The van der Waals surface area contributed by atoms with Crippen LogP contribution >= 0.6 is 0 Å². The van der Waals surface area contributed by atoms with Gasteiger partial charge in [0.1, 0.15) is 0 Å². The van der Waals surface area contributed by atoms with Gasteiger partial charge in [-0.25, -0.2) is 0 Å². The summed E-state index contributed by atoms with van der Waals surface area (Å²) in [6.45, 7) is 0.818. The van der Waals surface area contributed by atoms with Crippen LogP contribution in [0, 0.1) is 6.92 Å². The van der Waals surface area contributed by atoms with Gasteiger partial charge in [-0.2, -0.15) is 0 Å². The summed E-state index contributed by atoms with van der Waals surface area (Å²) in [5, 5.41) is 8.56. The van der Waals surface area contributed by atoms with Gasteiger partial charge in [-0.15, -0.1) is 0 Å². The van der Waals surface area contributed by atoms with Crippen molar-refractivity contribution in [2.75, 3.05) is 0 Å². The van der Waals surface area contributed by atoms with Crippen molar-refractivity contribution in [3.8, 4) is 0 Å². The summed E-state index contributed by atoms with van der Waals surface area (Å²) in [6, 6.07) is 0. The third-order valence-corrected chi connectivity index (χ3v) is 1.64. The Labute approximate surface area is 61.4 Å². The minimum atomic E-state index is -1.04. The summed E-state index contributed by atoms with van der Waals surface area (Å²) in [5.41, 5.74) is -2.69. The number of hydrogen-bond donors (Lipinski definition) is 1. The molecule has 4 heteroatoms. The molecule has 0 radical (unpaired) electrons. The third-order valence-electron chi connectivity index (χ3n) is 1.64. The second-order valence-electron chi connectivity index (χ2n) is 2.25. The first-order valence-corrected chi connectivity index (χ1v) is 3.03. The molecule has 0 amide bonds. The van der Waals surface area contributed by atoms with E-state index >= 15 is 0 Å². The summed E-state index contributed by atoms with van der Waals surface area (Å²) in [7, 11) is 0. The predicted molar refractivity (Wildman–Crippen MR) is 38.3 cm³/mol. The van der Waals surface area contributed by atoms with Crippen LogP contribution in [0.5, 0.6) is 0 Å². The first-order valence-electron chi connectivity index (χ1n) is 3.03. The van der Waals surface area contributed by atoms with E-state index < -0.39 is 22.9 Å². The van der Waals surface area contributed by atoms with E-state index in [0.29, 0.717) is 0 Å². The van der Waals surface area contributed by atoms with E-state index in [2.05, 4.69) is 0 Å². The van der Waals surface area contributed by atoms with E-state index in [1.807, 2.05) is 0 Å². The molecule has 1 N–H and O–H groups in total. The lowest BCUT2D eigenvalue weighted by molar-refractivity contribution is 0.280. The molecule has 0 unspecified atom stereocenters. The molecule has 0 saturated heterocycles. The summed E-state index contributed by atoms with van der Waals surface area (Å²) >= 11 is 0. The van der Waals surface area contributed by atoms with Crippen LogP contribution < -0.4 is 16.3 Å². The minimum Gasteiger partial charge on any atom is -0.392 e. The van der Waals surface area contributed by atoms with Crippen molar-refractivity contribution < 1.29 is 5.11 Å². The molecule has 1 rings (SSSR count). The molecule has 4 nitrogen and oxygen atoms in total. The zero-order valence-corrected chi connectivity index (χ0v) is 5.88. The zero-order chi connectivity index (χ0) is 8.59. The molecule has 0 saturated carbocycles. The van der Waals surface area contributed by atoms with E-state index in [1.165, 1.54) is 6.92 Å². The Morgan fingerprint density at radius 1 is 1.09 bits per heavy atom. The van der Waals surface area contributed by atoms with Crippen LogP contribution in [-0.2, 0) is 6.61 Å². The van der Waals surface area contributed by atoms with Crippen molar-refractivity contribution in [1.29, 1.82) is 0 Å². The summed E-state index contributed by atoms with van der Waals surface area (Å²) in [6.07, 6.45) is 0. The molecule has 0 aromatic heterocycles. The molecule has 0 bridgehead atoms. The normalized spacial score (nSPS) is 10.4. The molecule has 0 spiro atoms. The fraction of sp³-hybridized carbons (Fsp3) is 0.286. The molecule has 0 fully saturated rings. The second-order valence-corrected chi connectivity index (χ2v) is 2.25. The Kier molecular flexibility index (Phi) is 1.70.